The van der Waals surface area contributed by atoms with E-state index in [-0.39, 0.29) is 17.9 Å². The van der Waals surface area contributed by atoms with Gasteiger partial charge in [0.15, 0.2) is 0 Å². The van der Waals surface area contributed by atoms with E-state index in [4.69, 9.17) is 0 Å². The third-order valence-electron chi connectivity index (χ3n) is 3.68. The van der Waals surface area contributed by atoms with Crippen LogP contribution in [0.4, 0.5) is 0 Å². The molecule has 0 spiro atoms. The predicted molar refractivity (Wildman–Crippen MR) is 95.6 cm³/mol. The maximum absolute atomic E-state index is 12.6. The van der Waals surface area contributed by atoms with Gasteiger partial charge in [0, 0.05) is 30.1 Å². The summed E-state index contributed by atoms with van der Waals surface area (Å²) in [6.45, 7) is 11.9. The lowest BCUT2D eigenvalue weighted by Crippen LogP contribution is -2.41. The Morgan fingerprint density at radius 3 is 2.08 bits per heavy atom. The molecule has 1 aromatic carbocycles. The molecule has 0 saturated carbocycles. The van der Waals surface area contributed by atoms with E-state index in [0.29, 0.717) is 18.7 Å². The van der Waals surface area contributed by atoms with Crippen LogP contribution >= 0.6 is 0 Å². The number of amides is 2. The number of nitrogens with one attached hydrogen (secondary N) is 1. The smallest absolute Gasteiger partial charge is 0.254 e. The van der Waals surface area contributed by atoms with E-state index in [9.17, 15) is 14.7 Å². The zero-order chi connectivity index (χ0) is 18.5. The summed E-state index contributed by atoms with van der Waals surface area (Å²) in [5, 5.41) is 12.5. The normalized spacial score (nSPS) is 12.8. The average molecular weight is 334 g/mol. The lowest BCUT2D eigenvalue weighted by atomic mass is 9.95. The Morgan fingerprint density at radius 2 is 1.67 bits per heavy atom. The van der Waals surface area contributed by atoms with E-state index >= 15 is 0 Å². The van der Waals surface area contributed by atoms with Crippen molar-refractivity contribution in [1.29, 1.82) is 0 Å². The molecule has 0 radical (unpaired) electrons. The molecular formula is C19H30N2O3. The molecule has 5 nitrogen and oxygen atoms in total. The number of aliphatic hydroxyl groups excluding tert-OH is 1. The quantitative estimate of drug-likeness (QED) is 0.840. The summed E-state index contributed by atoms with van der Waals surface area (Å²) in [6.07, 6.45) is -0.566. The van der Waals surface area contributed by atoms with E-state index < -0.39 is 11.5 Å². The van der Waals surface area contributed by atoms with Crippen LogP contribution in [0.25, 0.3) is 0 Å². The van der Waals surface area contributed by atoms with Crippen molar-refractivity contribution in [3.63, 3.8) is 0 Å². The summed E-state index contributed by atoms with van der Waals surface area (Å²) in [6, 6.07) is 7.22. The highest BCUT2D eigenvalue weighted by atomic mass is 16.3. The second kappa shape index (κ2) is 8.29. The molecule has 134 valence electrons. The van der Waals surface area contributed by atoms with E-state index in [0.717, 1.165) is 5.56 Å². The fourth-order valence-corrected chi connectivity index (χ4v) is 2.19. The number of benzene rings is 1. The molecule has 0 aliphatic heterocycles. The highest BCUT2D eigenvalue weighted by Gasteiger charge is 2.21. The Labute approximate surface area is 145 Å². The van der Waals surface area contributed by atoms with Gasteiger partial charge in [-0.2, -0.15) is 0 Å². The third kappa shape index (κ3) is 5.96. The first-order chi connectivity index (χ1) is 11.0. The molecule has 0 aromatic heterocycles. The highest BCUT2D eigenvalue weighted by Crippen LogP contribution is 2.14. The zero-order valence-electron chi connectivity index (χ0n) is 15.6. The standard InChI is InChI=1S/C19H30N2O3/c1-13(2)21(12-14(3)22)17(23)16-9-7-15(8-10-16)11-20-18(24)19(4,5)6/h7-10,13-14,22H,11-12H2,1-6H3,(H,20,24). The lowest BCUT2D eigenvalue weighted by molar-refractivity contribution is -0.128. The van der Waals surface area contributed by atoms with Gasteiger partial charge in [-0.1, -0.05) is 32.9 Å². The number of carbonyl (C=O) groups is 2. The monoisotopic (exact) mass is 334 g/mol. The summed E-state index contributed by atoms with van der Waals surface area (Å²) >= 11 is 0. The van der Waals surface area contributed by atoms with Gasteiger partial charge in [-0.15, -0.1) is 0 Å². The molecule has 0 heterocycles. The molecule has 0 bridgehead atoms. The van der Waals surface area contributed by atoms with Gasteiger partial charge in [-0.25, -0.2) is 0 Å². The van der Waals surface area contributed by atoms with Gasteiger partial charge in [-0.3, -0.25) is 9.59 Å². The molecule has 1 aromatic rings. The minimum atomic E-state index is -0.566. The van der Waals surface area contributed by atoms with Crippen molar-refractivity contribution in [3.8, 4) is 0 Å². The second-order valence-corrected chi connectivity index (χ2v) is 7.53. The highest BCUT2D eigenvalue weighted by molar-refractivity contribution is 5.94. The van der Waals surface area contributed by atoms with Crippen molar-refractivity contribution < 1.29 is 14.7 Å². The molecule has 0 aliphatic carbocycles. The van der Waals surface area contributed by atoms with Crippen LogP contribution < -0.4 is 5.32 Å². The Hall–Kier alpha value is -1.88. The Bertz CT molecular complexity index is 557. The maximum Gasteiger partial charge on any atom is 0.254 e. The molecule has 0 saturated heterocycles. The van der Waals surface area contributed by atoms with Gasteiger partial charge in [-0.05, 0) is 38.5 Å². The van der Waals surface area contributed by atoms with E-state index in [1.807, 2.05) is 46.8 Å². The average Bonchev–Trinajstić information content (AvgIpc) is 2.48. The van der Waals surface area contributed by atoms with Crippen LogP contribution in [0.1, 0.15) is 57.5 Å². The summed E-state index contributed by atoms with van der Waals surface area (Å²) < 4.78 is 0. The van der Waals surface area contributed by atoms with E-state index in [1.54, 1.807) is 24.0 Å². The molecule has 1 unspecified atom stereocenters. The minimum Gasteiger partial charge on any atom is -0.392 e. The predicted octanol–water partition coefficient (Wildman–Crippen LogP) is 2.58. The summed E-state index contributed by atoms with van der Waals surface area (Å²) in [5.74, 6) is -0.109. The first-order valence-corrected chi connectivity index (χ1v) is 8.38. The van der Waals surface area contributed by atoms with Gasteiger partial charge in [0.2, 0.25) is 5.91 Å². The third-order valence-corrected chi connectivity index (χ3v) is 3.68. The molecule has 2 amide bonds. The van der Waals surface area contributed by atoms with Gasteiger partial charge in [0.1, 0.15) is 0 Å². The molecule has 5 heteroatoms. The van der Waals surface area contributed by atoms with Crippen molar-refractivity contribution in [3.05, 3.63) is 35.4 Å². The zero-order valence-corrected chi connectivity index (χ0v) is 15.6. The number of carbonyl (C=O) groups excluding carboxylic acids is 2. The van der Waals surface area contributed by atoms with Gasteiger partial charge < -0.3 is 15.3 Å². The molecule has 1 rings (SSSR count). The van der Waals surface area contributed by atoms with E-state index in [1.165, 1.54) is 0 Å². The van der Waals surface area contributed by atoms with Crippen molar-refractivity contribution >= 4 is 11.8 Å². The van der Waals surface area contributed by atoms with Crippen molar-refractivity contribution in [2.75, 3.05) is 6.54 Å². The van der Waals surface area contributed by atoms with Gasteiger partial charge in [0.05, 0.1) is 6.10 Å². The van der Waals surface area contributed by atoms with Crippen LogP contribution in [0.3, 0.4) is 0 Å². The van der Waals surface area contributed by atoms with Crippen LogP contribution in [-0.2, 0) is 11.3 Å². The fourth-order valence-electron chi connectivity index (χ4n) is 2.19. The molecular weight excluding hydrogens is 304 g/mol. The molecule has 0 aliphatic rings. The van der Waals surface area contributed by atoms with Gasteiger partial charge in [0.25, 0.3) is 5.91 Å². The Kier molecular flexibility index (Phi) is 6.96. The number of aliphatic hydroxyl groups is 1. The summed E-state index contributed by atoms with van der Waals surface area (Å²) in [4.78, 5) is 26.1. The topological polar surface area (TPSA) is 69.6 Å². The van der Waals surface area contributed by atoms with Crippen molar-refractivity contribution in [2.24, 2.45) is 5.41 Å². The van der Waals surface area contributed by atoms with Crippen LogP contribution in [-0.4, -0.2) is 40.5 Å². The van der Waals surface area contributed by atoms with Gasteiger partial charge >= 0.3 is 0 Å². The largest absolute Gasteiger partial charge is 0.392 e. The fraction of sp³-hybridized carbons (Fsp3) is 0.579. The van der Waals surface area contributed by atoms with Crippen LogP contribution in [0, 0.1) is 5.41 Å². The van der Waals surface area contributed by atoms with Crippen molar-refractivity contribution in [1.82, 2.24) is 10.2 Å². The Balaban J connectivity index is 2.76. The minimum absolute atomic E-state index is 0.00873. The number of hydrogen-bond acceptors (Lipinski definition) is 3. The number of nitrogens with zero attached hydrogens (tertiary/aromatic N) is 1. The summed E-state index contributed by atoms with van der Waals surface area (Å²) in [7, 11) is 0. The molecule has 2 N–H and O–H groups in total. The summed E-state index contributed by atoms with van der Waals surface area (Å²) in [5.41, 5.74) is 1.10. The number of rotatable bonds is 6. The van der Waals surface area contributed by atoms with E-state index in [2.05, 4.69) is 5.32 Å². The van der Waals surface area contributed by atoms with Crippen molar-refractivity contribution in [2.45, 2.75) is 60.2 Å². The Morgan fingerprint density at radius 1 is 1.12 bits per heavy atom. The van der Waals surface area contributed by atoms with Crippen LogP contribution in [0.15, 0.2) is 24.3 Å². The molecule has 1 atom stereocenters. The maximum atomic E-state index is 12.6. The first-order valence-electron chi connectivity index (χ1n) is 8.38. The first kappa shape index (κ1) is 20.2. The van der Waals surface area contributed by atoms with Crippen LogP contribution in [0.5, 0.6) is 0 Å². The molecule has 24 heavy (non-hydrogen) atoms. The second-order valence-electron chi connectivity index (χ2n) is 7.53. The SMILES string of the molecule is CC(O)CN(C(=O)c1ccc(CNC(=O)C(C)(C)C)cc1)C(C)C. The van der Waals surface area contributed by atoms with Crippen LogP contribution in [0.2, 0.25) is 0 Å². The lowest BCUT2D eigenvalue weighted by Gasteiger charge is -2.28. The molecule has 0 fully saturated rings. The number of hydrogen-bond donors (Lipinski definition) is 2.